The number of benzene rings is 2. The maximum absolute atomic E-state index is 12.5. The van der Waals surface area contributed by atoms with Gasteiger partial charge in [-0.1, -0.05) is 18.2 Å². The highest BCUT2D eigenvalue weighted by atomic mass is 16.5. The number of aromatic amines is 1. The molecular weight excluding hydrogens is 302 g/mol. The smallest absolute Gasteiger partial charge is 0.225 e. The summed E-state index contributed by atoms with van der Waals surface area (Å²) in [7, 11) is 1.65. The van der Waals surface area contributed by atoms with Crippen LogP contribution >= 0.6 is 0 Å². The van der Waals surface area contributed by atoms with Crippen LogP contribution < -0.4 is 15.4 Å². The van der Waals surface area contributed by atoms with E-state index in [9.17, 15) is 4.79 Å². The van der Waals surface area contributed by atoms with E-state index in [2.05, 4.69) is 27.8 Å². The molecule has 5 rings (SSSR count). The highest BCUT2D eigenvalue weighted by molar-refractivity contribution is 6.05. The van der Waals surface area contributed by atoms with Gasteiger partial charge in [-0.05, 0) is 29.8 Å². The number of methoxy groups -OCH3 is 1. The number of H-pyrrole nitrogens is 1. The van der Waals surface area contributed by atoms with Gasteiger partial charge >= 0.3 is 0 Å². The molecule has 3 heterocycles. The van der Waals surface area contributed by atoms with Crippen LogP contribution in [-0.2, 0) is 4.79 Å². The van der Waals surface area contributed by atoms with Gasteiger partial charge in [0.15, 0.2) is 0 Å². The van der Waals surface area contributed by atoms with Crippen LogP contribution in [-0.4, -0.2) is 18.0 Å². The summed E-state index contributed by atoms with van der Waals surface area (Å²) in [6, 6.07) is 14.2. The van der Waals surface area contributed by atoms with Gasteiger partial charge in [-0.2, -0.15) is 0 Å². The standard InChI is InChI=1S/C19H17N3O2/c1-24-10-6-7-15-13(8-10)18-19(21-15)17-12(9-16(23)22-18)11-4-2-3-5-14(11)20-17/h2-8,12,17,20-21H,9H2,1H3,(H,22,23)/t12-,17+/m1/s1. The molecule has 2 atom stereocenters. The van der Waals surface area contributed by atoms with Gasteiger partial charge in [0, 0.05) is 28.9 Å². The number of ether oxygens (including phenoxy) is 1. The number of nitrogens with one attached hydrogen (secondary N) is 3. The van der Waals surface area contributed by atoms with Crippen LogP contribution in [0.3, 0.4) is 0 Å². The zero-order chi connectivity index (χ0) is 16.3. The SMILES string of the molecule is COc1ccc2[nH]c3c(c2c1)NC(=O)C[C@@H]1c2ccccc2N[C@H]31. The first-order valence-electron chi connectivity index (χ1n) is 8.09. The minimum Gasteiger partial charge on any atom is -0.497 e. The Balaban J connectivity index is 1.72. The molecular formula is C19H17N3O2. The Kier molecular flexibility index (Phi) is 2.68. The van der Waals surface area contributed by atoms with Gasteiger partial charge in [0.25, 0.3) is 0 Å². The maximum atomic E-state index is 12.5. The molecule has 1 amide bonds. The van der Waals surface area contributed by atoms with Crippen molar-refractivity contribution in [3.63, 3.8) is 0 Å². The molecule has 120 valence electrons. The van der Waals surface area contributed by atoms with Crippen molar-refractivity contribution in [1.82, 2.24) is 4.98 Å². The number of carbonyl (C=O) groups excluding carboxylic acids is 1. The van der Waals surface area contributed by atoms with Crippen molar-refractivity contribution in [1.29, 1.82) is 0 Å². The van der Waals surface area contributed by atoms with E-state index in [0.29, 0.717) is 6.42 Å². The first-order chi connectivity index (χ1) is 11.7. The molecule has 0 radical (unpaired) electrons. The van der Waals surface area contributed by atoms with Crippen LogP contribution in [0.5, 0.6) is 5.75 Å². The molecule has 2 aliphatic heterocycles. The number of rotatable bonds is 1. The van der Waals surface area contributed by atoms with Gasteiger partial charge in [-0.25, -0.2) is 0 Å². The Morgan fingerprint density at radius 3 is 2.92 bits per heavy atom. The number of aromatic nitrogens is 1. The Morgan fingerprint density at radius 1 is 1.17 bits per heavy atom. The lowest BCUT2D eigenvalue weighted by molar-refractivity contribution is -0.116. The summed E-state index contributed by atoms with van der Waals surface area (Å²) < 4.78 is 5.34. The van der Waals surface area contributed by atoms with E-state index >= 15 is 0 Å². The predicted molar refractivity (Wildman–Crippen MR) is 93.6 cm³/mol. The molecule has 2 aromatic carbocycles. The molecule has 0 bridgehead atoms. The minimum atomic E-state index is 0.0472. The molecule has 1 aromatic heterocycles. The van der Waals surface area contributed by atoms with Gasteiger partial charge < -0.3 is 20.4 Å². The number of amides is 1. The highest BCUT2D eigenvalue weighted by Gasteiger charge is 2.39. The van der Waals surface area contributed by atoms with Crippen LogP contribution in [0.2, 0.25) is 0 Å². The lowest BCUT2D eigenvalue weighted by atomic mass is 9.90. The molecule has 3 N–H and O–H groups in total. The fraction of sp³-hybridized carbons (Fsp3) is 0.211. The topological polar surface area (TPSA) is 66.1 Å². The van der Waals surface area contributed by atoms with E-state index in [1.807, 2.05) is 30.3 Å². The van der Waals surface area contributed by atoms with Gasteiger partial charge in [0.05, 0.1) is 24.5 Å². The minimum absolute atomic E-state index is 0.0472. The van der Waals surface area contributed by atoms with Gasteiger partial charge in [0.2, 0.25) is 5.91 Å². The summed E-state index contributed by atoms with van der Waals surface area (Å²) in [5, 5.41) is 7.66. The Bertz CT molecular complexity index is 976. The Hall–Kier alpha value is -2.95. The molecule has 0 saturated heterocycles. The molecule has 3 aromatic rings. The fourth-order valence-electron chi connectivity index (χ4n) is 3.98. The number of carbonyl (C=O) groups is 1. The molecule has 0 fully saturated rings. The second kappa shape index (κ2) is 4.77. The molecule has 0 unspecified atom stereocenters. The third-order valence-corrected chi connectivity index (χ3v) is 5.09. The zero-order valence-electron chi connectivity index (χ0n) is 13.2. The average molecular weight is 319 g/mol. The third kappa shape index (κ3) is 1.78. The molecule has 2 aliphatic rings. The van der Waals surface area contributed by atoms with Crippen LogP contribution in [0.4, 0.5) is 11.4 Å². The first kappa shape index (κ1) is 13.5. The van der Waals surface area contributed by atoms with E-state index in [1.54, 1.807) is 7.11 Å². The van der Waals surface area contributed by atoms with E-state index in [-0.39, 0.29) is 17.9 Å². The summed E-state index contributed by atoms with van der Waals surface area (Å²) in [4.78, 5) is 16.0. The predicted octanol–water partition coefficient (Wildman–Crippen LogP) is 3.77. The van der Waals surface area contributed by atoms with Crippen LogP contribution in [0.1, 0.15) is 29.6 Å². The molecule has 5 heteroatoms. The summed E-state index contributed by atoms with van der Waals surface area (Å²) in [5.41, 5.74) is 5.22. The van der Waals surface area contributed by atoms with E-state index in [4.69, 9.17) is 4.74 Å². The summed E-state index contributed by atoms with van der Waals surface area (Å²) in [6.07, 6.45) is 0.475. The number of fused-ring (bicyclic) bond motifs is 7. The second-order valence-corrected chi connectivity index (χ2v) is 6.39. The normalized spacial score (nSPS) is 21.3. The van der Waals surface area contributed by atoms with Crippen molar-refractivity contribution >= 4 is 28.2 Å². The molecule has 24 heavy (non-hydrogen) atoms. The Morgan fingerprint density at radius 2 is 2.04 bits per heavy atom. The quantitative estimate of drug-likeness (QED) is 0.639. The lowest BCUT2D eigenvalue weighted by Crippen LogP contribution is -2.14. The highest BCUT2D eigenvalue weighted by Crippen LogP contribution is 2.50. The van der Waals surface area contributed by atoms with Crippen LogP contribution in [0.15, 0.2) is 42.5 Å². The van der Waals surface area contributed by atoms with Crippen molar-refractivity contribution in [2.75, 3.05) is 17.7 Å². The number of anilines is 2. The van der Waals surface area contributed by atoms with Crippen molar-refractivity contribution in [2.24, 2.45) is 0 Å². The largest absolute Gasteiger partial charge is 0.497 e. The summed E-state index contributed by atoms with van der Waals surface area (Å²) in [6.45, 7) is 0. The third-order valence-electron chi connectivity index (χ3n) is 5.09. The first-order valence-corrected chi connectivity index (χ1v) is 8.09. The van der Waals surface area contributed by atoms with E-state index in [1.165, 1.54) is 5.56 Å². The Labute approximate surface area is 139 Å². The van der Waals surface area contributed by atoms with E-state index < -0.39 is 0 Å². The summed E-state index contributed by atoms with van der Waals surface area (Å²) >= 11 is 0. The zero-order valence-corrected chi connectivity index (χ0v) is 13.2. The van der Waals surface area contributed by atoms with Crippen molar-refractivity contribution in [3.05, 3.63) is 53.7 Å². The molecule has 0 saturated carbocycles. The monoisotopic (exact) mass is 319 g/mol. The number of para-hydroxylation sites is 1. The van der Waals surface area contributed by atoms with Crippen molar-refractivity contribution < 1.29 is 9.53 Å². The van der Waals surface area contributed by atoms with Gasteiger partial charge in [0.1, 0.15) is 5.75 Å². The van der Waals surface area contributed by atoms with Crippen molar-refractivity contribution in [2.45, 2.75) is 18.4 Å². The molecule has 5 nitrogen and oxygen atoms in total. The van der Waals surface area contributed by atoms with Crippen molar-refractivity contribution in [3.8, 4) is 5.75 Å². The maximum Gasteiger partial charge on any atom is 0.225 e. The number of hydrogen-bond acceptors (Lipinski definition) is 3. The molecule has 0 spiro atoms. The second-order valence-electron chi connectivity index (χ2n) is 6.39. The fourth-order valence-corrected chi connectivity index (χ4v) is 3.98. The van der Waals surface area contributed by atoms with E-state index in [0.717, 1.165) is 33.7 Å². The number of hydrogen-bond donors (Lipinski definition) is 3. The van der Waals surface area contributed by atoms with Gasteiger partial charge in [-0.15, -0.1) is 0 Å². The van der Waals surface area contributed by atoms with Crippen LogP contribution in [0.25, 0.3) is 10.9 Å². The lowest BCUT2D eigenvalue weighted by Gasteiger charge is -2.16. The average Bonchev–Trinajstić information content (AvgIpc) is 3.09. The summed E-state index contributed by atoms with van der Waals surface area (Å²) in [5.74, 6) is 0.963. The van der Waals surface area contributed by atoms with Crippen LogP contribution in [0, 0.1) is 0 Å². The van der Waals surface area contributed by atoms with Gasteiger partial charge in [-0.3, -0.25) is 4.79 Å². The molecule has 0 aliphatic carbocycles.